The molecule has 112 valence electrons. The molecule has 0 spiro atoms. The molecule has 0 saturated carbocycles. The standard InChI is InChI=1S/C14H18F2N2O.ClH/c1-8(10-6-17-7-10)14(19)18-9(2)13-11(15)4-3-5-12(13)16;/h3-5,8-10,17H,6-7H2,1-2H3,(H,18,19);1H. The summed E-state index contributed by atoms with van der Waals surface area (Å²) in [5.74, 6) is -1.28. The van der Waals surface area contributed by atoms with Gasteiger partial charge in [-0.3, -0.25) is 4.79 Å². The van der Waals surface area contributed by atoms with Crippen LogP contribution >= 0.6 is 12.4 Å². The van der Waals surface area contributed by atoms with Gasteiger partial charge in [-0.25, -0.2) is 8.78 Å². The normalized spacial score (nSPS) is 17.6. The minimum absolute atomic E-state index is 0. The fourth-order valence-corrected chi connectivity index (χ4v) is 2.22. The molecule has 0 radical (unpaired) electrons. The summed E-state index contributed by atoms with van der Waals surface area (Å²) in [5.41, 5.74) is -0.0882. The molecule has 2 rings (SSSR count). The summed E-state index contributed by atoms with van der Waals surface area (Å²) in [7, 11) is 0. The third-order valence-corrected chi connectivity index (χ3v) is 3.73. The Hall–Kier alpha value is -1.20. The van der Waals surface area contributed by atoms with Gasteiger partial charge in [-0.2, -0.15) is 0 Å². The van der Waals surface area contributed by atoms with Crippen LogP contribution in [0.2, 0.25) is 0 Å². The summed E-state index contributed by atoms with van der Waals surface area (Å²) in [6.45, 7) is 5.06. The molecule has 1 heterocycles. The third-order valence-electron chi connectivity index (χ3n) is 3.73. The molecule has 0 bridgehead atoms. The number of amides is 1. The number of carbonyl (C=O) groups is 1. The van der Waals surface area contributed by atoms with E-state index in [1.54, 1.807) is 6.92 Å². The maximum absolute atomic E-state index is 13.6. The molecule has 1 aliphatic rings. The van der Waals surface area contributed by atoms with E-state index in [1.165, 1.54) is 18.2 Å². The van der Waals surface area contributed by atoms with E-state index < -0.39 is 17.7 Å². The average Bonchev–Trinajstić information content (AvgIpc) is 2.26. The van der Waals surface area contributed by atoms with Gasteiger partial charge in [0.05, 0.1) is 6.04 Å². The molecule has 1 aromatic carbocycles. The second kappa shape index (κ2) is 6.99. The molecule has 1 fully saturated rings. The van der Waals surface area contributed by atoms with Crippen LogP contribution in [0.15, 0.2) is 18.2 Å². The highest BCUT2D eigenvalue weighted by molar-refractivity contribution is 5.85. The van der Waals surface area contributed by atoms with Crippen LogP contribution in [0.4, 0.5) is 8.78 Å². The molecule has 1 aromatic rings. The molecule has 20 heavy (non-hydrogen) atoms. The summed E-state index contributed by atoms with van der Waals surface area (Å²) in [6, 6.07) is 3.02. The predicted octanol–water partition coefficient (Wildman–Crippen LogP) is 2.42. The monoisotopic (exact) mass is 304 g/mol. The van der Waals surface area contributed by atoms with Gasteiger partial charge in [0.25, 0.3) is 0 Å². The predicted molar refractivity (Wildman–Crippen MR) is 75.7 cm³/mol. The van der Waals surface area contributed by atoms with E-state index in [2.05, 4.69) is 10.6 Å². The Labute approximate surface area is 123 Å². The lowest BCUT2D eigenvalue weighted by Crippen LogP contribution is -2.49. The highest BCUT2D eigenvalue weighted by Gasteiger charge is 2.30. The number of hydrogen-bond donors (Lipinski definition) is 2. The van der Waals surface area contributed by atoms with Gasteiger partial charge in [0.1, 0.15) is 11.6 Å². The van der Waals surface area contributed by atoms with E-state index in [1.807, 2.05) is 6.92 Å². The summed E-state index contributed by atoms with van der Waals surface area (Å²) in [5, 5.41) is 5.78. The molecular formula is C14H19ClF2N2O. The summed E-state index contributed by atoms with van der Waals surface area (Å²) < 4.78 is 27.2. The number of halogens is 3. The van der Waals surface area contributed by atoms with Gasteiger partial charge < -0.3 is 10.6 Å². The molecule has 6 heteroatoms. The number of hydrogen-bond acceptors (Lipinski definition) is 2. The lowest BCUT2D eigenvalue weighted by molar-refractivity contribution is -0.127. The van der Waals surface area contributed by atoms with E-state index in [0.29, 0.717) is 5.92 Å². The zero-order valence-electron chi connectivity index (χ0n) is 11.5. The Bertz CT molecular complexity index is 460. The van der Waals surface area contributed by atoms with Crippen molar-refractivity contribution >= 4 is 18.3 Å². The second-order valence-electron chi connectivity index (χ2n) is 5.07. The SMILES string of the molecule is CC(NC(=O)C(C)C1CNC1)c1c(F)cccc1F.Cl. The first-order valence-electron chi connectivity index (χ1n) is 6.45. The van der Waals surface area contributed by atoms with Crippen LogP contribution in [-0.4, -0.2) is 19.0 Å². The van der Waals surface area contributed by atoms with Crippen LogP contribution in [0.5, 0.6) is 0 Å². The van der Waals surface area contributed by atoms with Crippen LogP contribution in [0.1, 0.15) is 25.5 Å². The van der Waals surface area contributed by atoms with E-state index >= 15 is 0 Å². The molecule has 3 nitrogen and oxygen atoms in total. The topological polar surface area (TPSA) is 41.1 Å². The van der Waals surface area contributed by atoms with Gasteiger partial charge in [0.2, 0.25) is 5.91 Å². The quantitative estimate of drug-likeness (QED) is 0.897. The van der Waals surface area contributed by atoms with Crippen molar-refractivity contribution in [1.82, 2.24) is 10.6 Å². The maximum Gasteiger partial charge on any atom is 0.223 e. The van der Waals surface area contributed by atoms with Gasteiger partial charge in [-0.1, -0.05) is 13.0 Å². The van der Waals surface area contributed by atoms with E-state index in [9.17, 15) is 13.6 Å². The van der Waals surface area contributed by atoms with Gasteiger partial charge in [0.15, 0.2) is 0 Å². The summed E-state index contributed by atoms with van der Waals surface area (Å²) in [4.78, 5) is 12.0. The van der Waals surface area contributed by atoms with Crippen molar-refractivity contribution in [3.05, 3.63) is 35.4 Å². The van der Waals surface area contributed by atoms with Crippen LogP contribution < -0.4 is 10.6 Å². The third kappa shape index (κ3) is 3.46. The summed E-state index contributed by atoms with van der Waals surface area (Å²) in [6.07, 6.45) is 0. The molecule has 1 saturated heterocycles. The molecule has 1 amide bonds. The number of nitrogens with one attached hydrogen (secondary N) is 2. The lowest BCUT2D eigenvalue weighted by atomic mass is 9.88. The highest BCUT2D eigenvalue weighted by atomic mass is 35.5. The number of rotatable bonds is 4. The van der Waals surface area contributed by atoms with Crippen molar-refractivity contribution in [3.8, 4) is 0 Å². The average molecular weight is 305 g/mol. The second-order valence-corrected chi connectivity index (χ2v) is 5.07. The zero-order chi connectivity index (χ0) is 14.0. The Balaban J connectivity index is 0.00000200. The molecule has 1 aliphatic heterocycles. The molecule has 2 atom stereocenters. The highest BCUT2D eigenvalue weighted by Crippen LogP contribution is 2.22. The Kier molecular flexibility index (Phi) is 5.89. The van der Waals surface area contributed by atoms with Gasteiger partial charge >= 0.3 is 0 Å². The Morgan fingerprint density at radius 1 is 1.30 bits per heavy atom. The molecule has 0 aliphatic carbocycles. The molecule has 2 unspecified atom stereocenters. The smallest absolute Gasteiger partial charge is 0.223 e. The van der Waals surface area contributed by atoms with Crippen LogP contribution in [0.25, 0.3) is 0 Å². The van der Waals surface area contributed by atoms with Gasteiger partial charge in [-0.15, -0.1) is 12.4 Å². The molecule has 0 aromatic heterocycles. The zero-order valence-corrected chi connectivity index (χ0v) is 12.3. The summed E-state index contributed by atoms with van der Waals surface area (Å²) >= 11 is 0. The fourth-order valence-electron chi connectivity index (χ4n) is 2.22. The van der Waals surface area contributed by atoms with Crippen molar-refractivity contribution in [1.29, 1.82) is 0 Å². The van der Waals surface area contributed by atoms with Crippen molar-refractivity contribution in [2.75, 3.05) is 13.1 Å². The van der Waals surface area contributed by atoms with Crippen LogP contribution in [0, 0.1) is 23.5 Å². The molecule has 2 N–H and O–H groups in total. The van der Waals surface area contributed by atoms with Crippen molar-refractivity contribution in [2.45, 2.75) is 19.9 Å². The Morgan fingerprint density at radius 2 is 1.85 bits per heavy atom. The lowest BCUT2D eigenvalue weighted by Gasteiger charge is -2.32. The van der Waals surface area contributed by atoms with Crippen LogP contribution in [-0.2, 0) is 4.79 Å². The van der Waals surface area contributed by atoms with Crippen molar-refractivity contribution in [3.63, 3.8) is 0 Å². The van der Waals surface area contributed by atoms with Gasteiger partial charge in [-0.05, 0) is 38.1 Å². The largest absolute Gasteiger partial charge is 0.349 e. The number of carbonyl (C=O) groups excluding carboxylic acids is 1. The van der Waals surface area contributed by atoms with Crippen molar-refractivity contribution < 1.29 is 13.6 Å². The maximum atomic E-state index is 13.6. The number of benzene rings is 1. The van der Waals surface area contributed by atoms with E-state index in [0.717, 1.165) is 13.1 Å². The van der Waals surface area contributed by atoms with E-state index in [-0.39, 0.29) is 29.8 Å². The fraction of sp³-hybridized carbons (Fsp3) is 0.500. The Morgan fingerprint density at radius 3 is 2.30 bits per heavy atom. The van der Waals surface area contributed by atoms with Crippen LogP contribution in [0.3, 0.4) is 0 Å². The first-order valence-corrected chi connectivity index (χ1v) is 6.45. The minimum atomic E-state index is -0.677. The van der Waals surface area contributed by atoms with Crippen molar-refractivity contribution in [2.24, 2.45) is 11.8 Å². The first kappa shape index (κ1) is 16.9. The van der Waals surface area contributed by atoms with E-state index in [4.69, 9.17) is 0 Å². The molecular weight excluding hydrogens is 286 g/mol. The van der Waals surface area contributed by atoms with Gasteiger partial charge in [0, 0.05) is 11.5 Å². The first-order chi connectivity index (χ1) is 9.00. The minimum Gasteiger partial charge on any atom is -0.349 e.